The van der Waals surface area contributed by atoms with E-state index in [1.807, 2.05) is 12.1 Å². The topological polar surface area (TPSA) is 116 Å². The first-order valence-electron chi connectivity index (χ1n) is 6.69. The summed E-state index contributed by atoms with van der Waals surface area (Å²) in [5.74, 6) is -0.320. The summed E-state index contributed by atoms with van der Waals surface area (Å²) in [6, 6.07) is 5.47. The minimum Gasteiger partial charge on any atom is -0.480 e. The maximum absolute atomic E-state index is 11.4. The monoisotopic (exact) mass is 377 g/mol. The Labute approximate surface area is 139 Å². The number of fused-ring (bicyclic) bond motifs is 1. The van der Waals surface area contributed by atoms with Gasteiger partial charge in [-0.05, 0) is 39.7 Å². The van der Waals surface area contributed by atoms with Crippen molar-refractivity contribution in [1.82, 2.24) is 9.97 Å². The fourth-order valence-corrected chi connectivity index (χ4v) is 2.48. The van der Waals surface area contributed by atoms with Crippen molar-refractivity contribution in [2.24, 2.45) is 0 Å². The predicted octanol–water partition coefficient (Wildman–Crippen LogP) is 1.97. The molecule has 0 spiro atoms. The largest absolute Gasteiger partial charge is 0.480 e. The molecule has 9 heteroatoms. The number of nitrogens with zero attached hydrogens (tertiary/aromatic N) is 2. The lowest BCUT2D eigenvalue weighted by Gasteiger charge is -2.09. The Morgan fingerprint density at radius 1 is 1.43 bits per heavy atom. The summed E-state index contributed by atoms with van der Waals surface area (Å²) in [7, 11) is 0. The fraction of sp³-hybridized carbons (Fsp3) is 0.143. The van der Waals surface area contributed by atoms with E-state index in [2.05, 4.69) is 41.8 Å². The maximum Gasteiger partial charge on any atom is 0.322 e. The molecular formula is C14H12BrN5O3. The van der Waals surface area contributed by atoms with Crippen molar-refractivity contribution >= 4 is 50.9 Å². The smallest absolute Gasteiger partial charge is 0.322 e. The fourth-order valence-electron chi connectivity index (χ4n) is 2.15. The minimum atomic E-state index is -0.985. The lowest BCUT2D eigenvalue weighted by atomic mass is 10.1. The van der Waals surface area contributed by atoms with Gasteiger partial charge in [0, 0.05) is 17.6 Å². The van der Waals surface area contributed by atoms with Crippen LogP contribution in [0.25, 0.3) is 0 Å². The third kappa shape index (κ3) is 3.57. The summed E-state index contributed by atoms with van der Waals surface area (Å²) < 4.78 is 0.563. The van der Waals surface area contributed by atoms with Gasteiger partial charge in [0.25, 0.3) is 0 Å². The van der Waals surface area contributed by atoms with E-state index in [0.717, 1.165) is 16.9 Å². The van der Waals surface area contributed by atoms with Crippen molar-refractivity contribution in [3.05, 3.63) is 34.4 Å². The highest BCUT2D eigenvalue weighted by Gasteiger charge is 2.17. The molecule has 1 amide bonds. The molecule has 23 heavy (non-hydrogen) atoms. The van der Waals surface area contributed by atoms with Crippen LogP contribution in [0, 0.1) is 0 Å². The van der Waals surface area contributed by atoms with Crippen LogP contribution in [-0.4, -0.2) is 33.5 Å². The number of carbonyl (C=O) groups excluding carboxylic acids is 1. The summed E-state index contributed by atoms with van der Waals surface area (Å²) >= 11 is 3.26. The van der Waals surface area contributed by atoms with E-state index in [9.17, 15) is 9.59 Å². The molecule has 0 unspecified atom stereocenters. The van der Waals surface area contributed by atoms with Crippen molar-refractivity contribution in [3.63, 3.8) is 0 Å². The first-order valence-corrected chi connectivity index (χ1v) is 7.48. The Hall–Kier alpha value is -2.68. The van der Waals surface area contributed by atoms with Crippen LogP contribution in [-0.2, 0) is 16.0 Å². The summed E-state index contributed by atoms with van der Waals surface area (Å²) in [5, 5.41) is 17.2. The number of aliphatic carboxylic acids is 1. The maximum atomic E-state index is 11.4. The Bertz CT molecular complexity index is 796. The molecule has 2 aromatic rings. The van der Waals surface area contributed by atoms with Crippen molar-refractivity contribution in [3.8, 4) is 0 Å². The number of carboxylic acid groups (broad SMARTS) is 1. The molecule has 2 heterocycles. The zero-order chi connectivity index (χ0) is 16.4. The molecule has 0 fully saturated rings. The van der Waals surface area contributed by atoms with E-state index >= 15 is 0 Å². The first kappa shape index (κ1) is 15.2. The highest BCUT2D eigenvalue weighted by Crippen LogP contribution is 2.28. The van der Waals surface area contributed by atoms with Gasteiger partial charge in [-0.2, -0.15) is 4.98 Å². The standard InChI is InChI=1S/C14H12BrN5O3/c15-9-5-17-14(20-13(9)16-6-12(22)23)18-8-1-2-10-7(3-8)4-11(21)19-10/h1-3,5H,4,6H2,(H,19,21)(H,22,23)(H2,16,17,18,20). The van der Waals surface area contributed by atoms with Crippen LogP contribution < -0.4 is 16.0 Å². The molecule has 118 valence electrons. The van der Waals surface area contributed by atoms with Gasteiger partial charge in [-0.1, -0.05) is 0 Å². The van der Waals surface area contributed by atoms with Crippen molar-refractivity contribution in [2.75, 3.05) is 22.5 Å². The molecule has 1 aliphatic rings. The highest BCUT2D eigenvalue weighted by atomic mass is 79.9. The number of benzene rings is 1. The average Bonchev–Trinajstić information content (AvgIpc) is 2.87. The molecule has 3 rings (SSSR count). The molecule has 8 nitrogen and oxygen atoms in total. The number of hydrogen-bond donors (Lipinski definition) is 4. The molecule has 4 N–H and O–H groups in total. The molecule has 1 aromatic heterocycles. The zero-order valence-electron chi connectivity index (χ0n) is 11.8. The number of amides is 1. The molecule has 0 saturated carbocycles. The Morgan fingerprint density at radius 3 is 3.04 bits per heavy atom. The lowest BCUT2D eigenvalue weighted by Crippen LogP contribution is -2.14. The number of carboxylic acids is 1. The van der Waals surface area contributed by atoms with E-state index in [4.69, 9.17) is 5.11 Å². The molecule has 1 aromatic carbocycles. The van der Waals surface area contributed by atoms with E-state index in [0.29, 0.717) is 22.7 Å². The van der Waals surface area contributed by atoms with E-state index in [1.165, 1.54) is 6.20 Å². The normalized spacial score (nSPS) is 12.5. The molecule has 1 aliphatic heterocycles. The Morgan fingerprint density at radius 2 is 2.26 bits per heavy atom. The summed E-state index contributed by atoms with van der Waals surface area (Å²) in [5.41, 5.74) is 2.45. The van der Waals surface area contributed by atoms with Gasteiger partial charge in [0.2, 0.25) is 11.9 Å². The molecule has 0 bridgehead atoms. The second kappa shape index (κ2) is 6.21. The van der Waals surface area contributed by atoms with Crippen LogP contribution in [0.2, 0.25) is 0 Å². The summed E-state index contributed by atoms with van der Waals surface area (Å²) in [4.78, 5) is 30.3. The zero-order valence-corrected chi connectivity index (χ0v) is 13.3. The molecule has 0 saturated heterocycles. The minimum absolute atomic E-state index is 0.0304. The van der Waals surface area contributed by atoms with Gasteiger partial charge >= 0.3 is 5.97 Å². The van der Waals surface area contributed by atoms with Crippen molar-refractivity contribution in [2.45, 2.75) is 6.42 Å². The van der Waals surface area contributed by atoms with Crippen LogP contribution in [0.4, 0.5) is 23.1 Å². The van der Waals surface area contributed by atoms with Crippen molar-refractivity contribution in [1.29, 1.82) is 0 Å². The summed E-state index contributed by atoms with van der Waals surface area (Å²) in [6.07, 6.45) is 1.87. The van der Waals surface area contributed by atoms with Crippen molar-refractivity contribution < 1.29 is 14.7 Å². The van der Waals surface area contributed by atoms with E-state index in [-0.39, 0.29) is 12.5 Å². The number of nitrogens with one attached hydrogen (secondary N) is 3. The average molecular weight is 378 g/mol. The molecular weight excluding hydrogens is 366 g/mol. The van der Waals surface area contributed by atoms with Crippen LogP contribution in [0.1, 0.15) is 5.56 Å². The van der Waals surface area contributed by atoms with Gasteiger partial charge in [0.1, 0.15) is 12.4 Å². The van der Waals surface area contributed by atoms with Crippen LogP contribution >= 0.6 is 15.9 Å². The number of anilines is 4. The highest BCUT2D eigenvalue weighted by molar-refractivity contribution is 9.10. The number of aromatic nitrogens is 2. The lowest BCUT2D eigenvalue weighted by molar-refractivity contribution is -0.135. The number of halogens is 1. The van der Waals surface area contributed by atoms with Gasteiger partial charge in [-0.3, -0.25) is 9.59 Å². The number of hydrogen-bond acceptors (Lipinski definition) is 6. The molecule has 0 atom stereocenters. The SMILES string of the molecule is O=C(O)CNc1nc(Nc2ccc3c(c2)CC(=O)N3)ncc1Br. The van der Waals surface area contributed by atoms with Gasteiger partial charge in [-0.25, -0.2) is 4.98 Å². The molecule has 0 radical (unpaired) electrons. The third-order valence-corrected chi connectivity index (χ3v) is 3.72. The summed E-state index contributed by atoms with van der Waals surface area (Å²) in [6.45, 7) is -0.248. The second-order valence-corrected chi connectivity index (χ2v) is 5.71. The number of carbonyl (C=O) groups is 2. The Kier molecular flexibility index (Phi) is 4.11. The first-order chi connectivity index (χ1) is 11.0. The predicted molar refractivity (Wildman–Crippen MR) is 87.9 cm³/mol. The van der Waals surface area contributed by atoms with Gasteiger partial charge < -0.3 is 21.1 Å². The van der Waals surface area contributed by atoms with Gasteiger partial charge in [-0.15, -0.1) is 0 Å². The van der Waals surface area contributed by atoms with Crippen LogP contribution in [0.5, 0.6) is 0 Å². The third-order valence-electron chi connectivity index (χ3n) is 3.14. The second-order valence-electron chi connectivity index (χ2n) is 4.86. The quantitative estimate of drug-likeness (QED) is 0.629. The molecule has 0 aliphatic carbocycles. The van der Waals surface area contributed by atoms with Gasteiger partial charge in [0.15, 0.2) is 0 Å². The van der Waals surface area contributed by atoms with Crippen LogP contribution in [0.3, 0.4) is 0 Å². The van der Waals surface area contributed by atoms with E-state index in [1.54, 1.807) is 6.07 Å². The van der Waals surface area contributed by atoms with Gasteiger partial charge in [0.05, 0.1) is 10.9 Å². The number of rotatable bonds is 5. The Balaban J connectivity index is 1.78. The van der Waals surface area contributed by atoms with Crippen LogP contribution in [0.15, 0.2) is 28.9 Å². The van der Waals surface area contributed by atoms with E-state index < -0.39 is 5.97 Å².